The largest absolute Gasteiger partial charge is 0.497 e. The molecular formula is C23H27F3N4O3. The van der Waals surface area contributed by atoms with Gasteiger partial charge in [0.25, 0.3) is 5.91 Å². The number of unbranched alkanes of at least 4 members (excludes halogenated alkanes) is 1. The van der Waals surface area contributed by atoms with Gasteiger partial charge in [0, 0.05) is 38.2 Å². The summed E-state index contributed by atoms with van der Waals surface area (Å²) in [4.78, 5) is 28.6. The Labute approximate surface area is 190 Å². The predicted molar refractivity (Wildman–Crippen MR) is 114 cm³/mol. The number of carbonyl (C=O) groups is 2. The lowest BCUT2D eigenvalue weighted by Gasteiger charge is -2.29. The van der Waals surface area contributed by atoms with Crippen molar-refractivity contribution in [2.75, 3.05) is 33.3 Å². The number of carbonyl (C=O) groups excluding carboxylic acids is 2. The number of nitrogens with zero attached hydrogens (tertiary/aromatic N) is 4. The predicted octanol–water partition coefficient (Wildman–Crippen LogP) is 3.69. The number of alkyl halides is 3. The summed E-state index contributed by atoms with van der Waals surface area (Å²) in [5.41, 5.74) is -0.741. The van der Waals surface area contributed by atoms with Crippen LogP contribution in [0.2, 0.25) is 0 Å². The minimum atomic E-state index is -4.65. The molecule has 1 fully saturated rings. The van der Waals surface area contributed by atoms with Gasteiger partial charge in [-0.05, 0) is 56.4 Å². The van der Waals surface area contributed by atoms with E-state index in [9.17, 15) is 22.8 Å². The Morgan fingerprint density at radius 2 is 1.67 bits per heavy atom. The second-order valence-corrected chi connectivity index (χ2v) is 8.37. The minimum Gasteiger partial charge on any atom is -0.497 e. The molecule has 7 nitrogen and oxygen atoms in total. The molecule has 2 aliphatic heterocycles. The Kier molecular flexibility index (Phi) is 6.62. The van der Waals surface area contributed by atoms with Gasteiger partial charge in [-0.25, -0.2) is 4.68 Å². The second-order valence-electron chi connectivity index (χ2n) is 8.37. The van der Waals surface area contributed by atoms with E-state index >= 15 is 0 Å². The highest BCUT2D eigenvalue weighted by Crippen LogP contribution is 2.36. The first kappa shape index (κ1) is 23.1. The first-order valence-electron chi connectivity index (χ1n) is 11.2. The molecule has 2 amide bonds. The molecule has 3 heterocycles. The molecule has 0 radical (unpaired) electrons. The molecule has 33 heavy (non-hydrogen) atoms. The van der Waals surface area contributed by atoms with Crippen LogP contribution in [0.4, 0.5) is 13.2 Å². The average molecular weight is 464 g/mol. The molecular weight excluding hydrogens is 437 g/mol. The van der Waals surface area contributed by atoms with E-state index < -0.39 is 17.8 Å². The van der Waals surface area contributed by atoms with Crippen LogP contribution in [0, 0.1) is 0 Å². The van der Waals surface area contributed by atoms with Gasteiger partial charge in [-0.3, -0.25) is 9.59 Å². The number of rotatable bonds is 7. The lowest BCUT2D eigenvalue weighted by Crippen LogP contribution is -2.40. The van der Waals surface area contributed by atoms with Gasteiger partial charge in [-0.15, -0.1) is 0 Å². The van der Waals surface area contributed by atoms with Crippen molar-refractivity contribution in [2.24, 2.45) is 0 Å². The van der Waals surface area contributed by atoms with Crippen molar-refractivity contribution in [3.8, 4) is 11.4 Å². The highest BCUT2D eigenvalue weighted by atomic mass is 19.4. The smallest absolute Gasteiger partial charge is 0.435 e. The number of amides is 2. The molecule has 0 bridgehead atoms. The van der Waals surface area contributed by atoms with Crippen LogP contribution in [0.5, 0.6) is 5.75 Å². The van der Waals surface area contributed by atoms with Crippen molar-refractivity contribution in [1.29, 1.82) is 0 Å². The number of halogens is 3. The Bertz CT molecular complexity index is 1020. The van der Waals surface area contributed by atoms with E-state index in [2.05, 4.69) is 5.10 Å². The van der Waals surface area contributed by atoms with Crippen LogP contribution in [0.25, 0.3) is 5.69 Å². The third kappa shape index (κ3) is 4.84. The maximum atomic E-state index is 13.7. The molecule has 4 rings (SSSR count). The molecule has 2 aliphatic rings. The van der Waals surface area contributed by atoms with Crippen LogP contribution in [0.1, 0.15) is 53.8 Å². The molecule has 1 saturated heterocycles. The molecule has 10 heteroatoms. The number of hydrogen-bond acceptors (Lipinski definition) is 4. The molecule has 0 atom stereocenters. The summed E-state index contributed by atoms with van der Waals surface area (Å²) in [5.74, 6) is 0.267. The summed E-state index contributed by atoms with van der Waals surface area (Å²) in [6.07, 6.45) is -0.606. The van der Waals surface area contributed by atoms with E-state index in [1.165, 1.54) is 7.11 Å². The molecule has 1 aromatic carbocycles. The maximum absolute atomic E-state index is 13.7. The standard InChI is InChI=1S/C23H27F3N4O3/c1-33-17-9-7-16(8-10-17)30-20-18(21(27-30)23(24,25)26)11-15-29(22(20)32)14-5-4-13-28-12-3-2-6-19(28)31/h7-10H,2-6,11-15H2,1H3. The summed E-state index contributed by atoms with van der Waals surface area (Å²) < 4.78 is 47.2. The van der Waals surface area contributed by atoms with Crippen molar-refractivity contribution in [1.82, 2.24) is 19.6 Å². The third-order valence-corrected chi connectivity index (χ3v) is 6.22. The fourth-order valence-corrected chi connectivity index (χ4v) is 4.46. The third-order valence-electron chi connectivity index (χ3n) is 6.22. The van der Waals surface area contributed by atoms with E-state index in [0.29, 0.717) is 37.4 Å². The van der Waals surface area contributed by atoms with Crippen LogP contribution in [-0.2, 0) is 17.4 Å². The number of ether oxygens (including phenoxy) is 1. The van der Waals surface area contributed by atoms with Gasteiger partial charge in [0.1, 0.15) is 11.4 Å². The summed E-state index contributed by atoms with van der Waals surface area (Å²) in [5, 5.41) is 3.80. The number of methoxy groups -OCH3 is 1. The van der Waals surface area contributed by atoms with Crippen LogP contribution in [0.15, 0.2) is 24.3 Å². The molecule has 0 unspecified atom stereocenters. The molecule has 0 saturated carbocycles. The van der Waals surface area contributed by atoms with E-state index in [1.54, 1.807) is 29.2 Å². The fraction of sp³-hybridized carbons (Fsp3) is 0.522. The van der Waals surface area contributed by atoms with Gasteiger partial charge in [0.2, 0.25) is 5.91 Å². The van der Waals surface area contributed by atoms with Crippen LogP contribution < -0.4 is 4.74 Å². The molecule has 178 valence electrons. The summed E-state index contributed by atoms with van der Waals surface area (Å²) in [6.45, 7) is 2.06. The van der Waals surface area contributed by atoms with Gasteiger partial charge >= 0.3 is 6.18 Å². The molecule has 0 aliphatic carbocycles. The average Bonchev–Trinajstić information content (AvgIpc) is 3.20. The number of hydrogen-bond donors (Lipinski definition) is 0. The Morgan fingerprint density at radius 1 is 0.970 bits per heavy atom. The summed E-state index contributed by atoms with van der Waals surface area (Å²) in [6, 6.07) is 6.38. The van der Waals surface area contributed by atoms with Gasteiger partial charge < -0.3 is 14.5 Å². The highest BCUT2D eigenvalue weighted by molar-refractivity contribution is 5.96. The SMILES string of the molecule is COc1ccc(-n2nc(C(F)(F)F)c3c2C(=O)N(CCCCN2CCCCC2=O)CC3)cc1. The van der Waals surface area contributed by atoms with Gasteiger partial charge in [0.05, 0.1) is 12.8 Å². The van der Waals surface area contributed by atoms with Gasteiger partial charge in [-0.1, -0.05) is 0 Å². The van der Waals surface area contributed by atoms with Crippen molar-refractivity contribution in [3.63, 3.8) is 0 Å². The lowest BCUT2D eigenvalue weighted by atomic mass is 10.0. The molecule has 1 aromatic heterocycles. The highest BCUT2D eigenvalue weighted by Gasteiger charge is 2.43. The lowest BCUT2D eigenvalue weighted by molar-refractivity contribution is -0.142. The molecule has 2 aromatic rings. The minimum absolute atomic E-state index is 0.0371. The number of likely N-dealkylation sites (tertiary alicyclic amines) is 1. The van der Waals surface area contributed by atoms with Crippen molar-refractivity contribution >= 4 is 11.8 Å². The number of aromatic nitrogens is 2. The number of fused-ring (bicyclic) bond motifs is 1. The van der Waals surface area contributed by atoms with Crippen molar-refractivity contribution < 1.29 is 27.5 Å². The Balaban J connectivity index is 1.51. The van der Waals surface area contributed by atoms with E-state index in [1.807, 2.05) is 4.90 Å². The second kappa shape index (κ2) is 9.44. The summed E-state index contributed by atoms with van der Waals surface area (Å²) >= 11 is 0. The zero-order valence-corrected chi connectivity index (χ0v) is 18.5. The van der Waals surface area contributed by atoms with Gasteiger partial charge in [-0.2, -0.15) is 18.3 Å². The van der Waals surface area contributed by atoms with Crippen molar-refractivity contribution in [2.45, 2.75) is 44.7 Å². The van der Waals surface area contributed by atoms with Crippen LogP contribution in [-0.4, -0.2) is 64.7 Å². The van der Waals surface area contributed by atoms with E-state index in [4.69, 9.17) is 4.74 Å². The van der Waals surface area contributed by atoms with Crippen LogP contribution >= 0.6 is 0 Å². The molecule has 0 N–H and O–H groups in total. The van der Waals surface area contributed by atoms with Gasteiger partial charge in [0.15, 0.2) is 5.69 Å². The number of benzene rings is 1. The Morgan fingerprint density at radius 3 is 2.30 bits per heavy atom. The molecule has 0 spiro atoms. The van der Waals surface area contributed by atoms with Crippen molar-refractivity contribution in [3.05, 3.63) is 41.2 Å². The summed E-state index contributed by atoms with van der Waals surface area (Å²) in [7, 11) is 1.50. The quantitative estimate of drug-likeness (QED) is 0.587. The van der Waals surface area contributed by atoms with E-state index in [0.717, 1.165) is 30.5 Å². The first-order chi connectivity index (χ1) is 15.8. The monoisotopic (exact) mass is 464 g/mol. The fourth-order valence-electron chi connectivity index (χ4n) is 4.46. The normalized spacial score (nSPS) is 16.8. The van der Waals surface area contributed by atoms with E-state index in [-0.39, 0.29) is 30.1 Å². The Hall–Kier alpha value is -3.04. The topological polar surface area (TPSA) is 67.7 Å². The van der Waals surface area contributed by atoms with Crippen LogP contribution in [0.3, 0.4) is 0 Å². The zero-order chi connectivity index (χ0) is 23.6. The zero-order valence-electron chi connectivity index (χ0n) is 18.5. The first-order valence-corrected chi connectivity index (χ1v) is 11.2. The maximum Gasteiger partial charge on any atom is 0.435 e. The number of piperidine rings is 1.